The van der Waals surface area contributed by atoms with E-state index in [0.717, 1.165) is 11.1 Å². The molecule has 0 aliphatic rings. The standard InChI is InChI=1S/C20H22N2O5/c1-13-8-7-9-14(2)17(13)26-12-16(23)27-18(15-10-5-4-6-11-15)19(24)22-20(25)21-3/h4-11,18H,12H2,1-3H3,(H2,21,22,24,25)/t18-/m1/s1. The highest BCUT2D eigenvalue weighted by Crippen LogP contribution is 2.23. The second kappa shape index (κ2) is 9.38. The normalized spacial score (nSPS) is 11.2. The third-order valence-electron chi connectivity index (χ3n) is 3.80. The van der Waals surface area contributed by atoms with Crippen LogP contribution in [0, 0.1) is 13.8 Å². The summed E-state index contributed by atoms with van der Waals surface area (Å²) >= 11 is 0. The number of hydrogen-bond donors (Lipinski definition) is 2. The number of nitrogens with one attached hydrogen (secondary N) is 2. The molecule has 0 saturated carbocycles. The zero-order chi connectivity index (χ0) is 19.8. The van der Waals surface area contributed by atoms with Gasteiger partial charge in [-0.05, 0) is 25.0 Å². The number of imide groups is 1. The number of urea groups is 1. The molecule has 2 aromatic rings. The quantitative estimate of drug-likeness (QED) is 0.762. The summed E-state index contributed by atoms with van der Waals surface area (Å²) in [6.07, 6.45) is -1.27. The minimum absolute atomic E-state index is 0.359. The van der Waals surface area contributed by atoms with Gasteiger partial charge in [0.15, 0.2) is 6.61 Å². The minimum Gasteiger partial charge on any atom is -0.481 e. The lowest BCUT2D eigenvalue weighted by molar-refractivity contribution is -0.158. The van der Waals surface area contributed by atoms with E-state index in [-0.39, 0.29) is 6.61 Å². The molecule has 0 spiro atoms. The molecule has 0 bridgehead atoms. The van der Waals surface area contributed by atoms with Crippen molar-refractivity contribution in [2.75, 3.05) is 13.7 Å². The summed E-state index contributed by atoms with van der Waals surface area (Å²) in [7, 11) is 1.38. The Kier molecular flexibility index (Phi) is 6.93. The Morgan fingerprint density at radius 2 is 1.59 bits per heavy atom. The molecule has 0 aliphatic carbocycles. The Labute approximate surface area is 157 Å². The van der Waals surface area contributed by atoms with Crippen LogP contribution in [0.25, 0.3) is 0 Å². The molecule has 142 valence electrons. The van der Waals surface area contributed by atoms with Gasteiger partial charge in [-0.3, -0.25) is 10.1 Å². The topological polar surface area (TPSA) is 93.7 Å². The van der Waals surface area contributed by atoms with Crippen molar-refractivity contribution in [2.45, 2.75) is 20.0 Å². The second-order valence-corrected chi connectivity index (χ2v) is 5.86. The first-order valence-electron chi connectivity index (χ1n) is 8.38. The molecule has 0 fully saturated rings. The third kappa shape index (κ3) is 5.57. The van der Waals surface area contributed by atoms with Crippen LogP contribution in [0.1, 0.15) is 22.8 Å². The van der Waals surface area contributed by atoms with Gasteiger partial charge in [-0.2, -0.15) is 0 Å². The Hall–Kier alpha value is -3.35. The molecule has 0 unspecified atom stereocenters. The number of amides is 3. The summed E-state index contributed by atoms with van der Waals surface area (Å²) in [5.74, 6) is -0.875. The predicted molar refractivity (Wildman–Crippen MR) is 99.3 cm³/mol. The van der Waals surface area contributed by atoms with E-state index in [9.17, 15) is 14.4 Å². The molecule has 27 heavy (non-hydrogen) atoms. The number of benzene rings is 2. The van der Waals surface area contributed by atoms with Gasteiger partial charge >= 0.3 is 12.0 Å². The van der Waals surface area contributed by atoms with Crippen molar-refractivity contribution in [1.29, 1.82) is 0 Å². The van der Waals surface area contributed by atoms with Crippen molar-refractivity contribution in [3.8, 4) is 5.75 Å². The molecule has 3 amide bonds. The maximum atomic E-state index is 12.3. The maximum Gasteiger partial charge on any atom is 0.345 e. The molecular formula is C20H22N2O5. The van der Waals surface area contributed by atoms with Crippen LogP contribution in [-0.2, 0) is 14.3 Å². The molecule has 7 heteroatoms. The van der Waals surface area contributed by atoms with Crippen molar-refractivity contribution in [1.82, 2.24) is 10.6 Å². The first kappa shape index (κ1) is 20.0. The van der Waals surface area contributed by atoms with Crippen molar-refractivity contribution in [3.05, 3.63) is 65.2 Å². The van der Waals surface area contributed by atoms with E-state index < -0.39 is 24.0 Å². The van der Waals surface area contributed by atoms with E-state index in [1.54, 1.807) is 30.3 Å². The lowest BCUT2D eigenvalue weighted by Gasteiger charge is -2.18. The molecule has 2 aromatic carbocycles. The van der Waals surface area contributed by atoms with E-state index in [0.29, 0.717) is 11.3 Å². The number of carbonyl (C=O) groups excluding carboxylic acids is 3. The summed E-state index contributed by atoms with van der Waals surface area (Å²) in [6.45, 7) is 3.39. The highest BCUT2D eigenvalue weighted by atomic mass is 16.6. The van der Waals surface area contributed by atoms with Crippen molar-refractivity contribution in [2.24, 2.45) is 0 Å². The number of esters is 1. The molecule has 0 heterocycles. The molecule has 0 radical (unpaired) electrons. The van der Waals surface area contributed by atoms with Gasteiger partial charge in [0.05, 0.1) is 0 Å². The summed E-state index contributed by atoms with van der Waals surface area (Å²) in [6, 6.07) is 13.4. The smallest absolute Gasteiger partial charge is 0.345 e. The minimum atomic E-state index is -1.27. The van der Waals surface area contributed by atoms with E-state index in [1.807, 2.05) is 32.0 Å². The third-order valence-corrected chi connectivity index (χ3v) is 3.80. The largest absolute Gasteiger partial charge is 0.481 e. The van der Waals surface area contributed by atoms with E-state index in [1.165, 1.54) is 7.05 Å². The summed E-state index contributed by atoms with van der Waals surface area (Å²) < 4.78 is 10.9. The molecular weight excluding hydrogens is 348 g/mol. The Morgan fingerprint density at radius 1 is 0.963 bits per heavy atom. The fraction of sp³-hybridized carbons (Fsp3) is 0.250. The van der Waals surface area contributed by atoms with Crippen LogP contribution in [0.15, 0.2) is 48.5 Å². The second-order valence-electron chi connectivity index (χ2n) is 5.86. The number of para-hydroxylation sites is 1. The van der Waals surface area contributed by atoms with Gasteiger partial charge in [-0.1, -0.05) is 48.5 Å². The highest BCUT2D eigenvalue weighted by molar-refractivity contribution is 5.97. The van der Waals surface area contributed by atoms with Crippen LogP contribution in [0.3, 0.4) is 0 Å². The molecule has 2 rings (SSSR count). The van der Waals surface area contributed by atoms with Crippen LogP contribution < -0.4 is 15.4 Å². The number of hydrogen-bond acceptors (Lipinski definition) is 5. The van der Waals surface area contributed by atoms with Gasteiger partial charge in [-0.25, -0.2) is 9.59 Å². The SMILES string of the molecule is CNC(=O)NC(=O)[C@H](OC(=O)COc1c(C)cccc1C)c1ccccc1. The Balaban J connectivity index is 2.09. The van der Waals surface area contributed by atoms with Gasteiger partial charge in [0.25, 0.3) is 5.91 Å². The van der Waals surface area contributed by atoms with Gasteiger partial charge in [0.2, 0.25) is 6.10 Å². The van der Waals surface area contributed by atoms with Gasteiger partial charge in [0.1, 0.15) is 5.75 Å². The number of rotatable bonds is 6. The highest BCUT2D eigenvalue weighted by Gasteiger charge is 2.26. The summed E-state index contributed by atoms with van der Waals surface area (Å²) in [5.41, 5.74) is 2.22. The van der Waals surface area contributed by atoms with E-state index in [2.05, 4.69) is 10.6 Å². The first-order valence-corrected chi connectivity index (χ1v) is 8.38. The molecule has 0 aliphatic heterocycles. The van der Waals surface area contributed by atoms with Crippen molar-refractivity contribution < 1.29 is 23.9 Å². The molecule has 0 saturated heterocycles. The fourth-order valence-electron chi connectivity index (χ4n) is 2.46. The van der Waals surface area contributed by atoms with Crippen LogP contribution in [-0.4, -0.2) is 31.6 Å². The van der Waals surface area contributed by atoms with Crippen LogP contribution in [0.2, 0.25) is 0 Å². The molecule has 7 nitrogen and oxygen atoms in total. The van der Waals surface area contributed by atoms with Gasteiger partial charge < -0.3 is 14.8 Å². The summed E-state index contributed by atoms with van der Waals surface area (Å²) in [5, 5.41) is 4.40. The predicted octanol–water partition coefficient (Wildman–Crippen LogP) is 2.42. The maximum absolute atomic E-state index is 12.3. The molecule has 0 aromatic heterocycles. The first-order chi connectivity index (χ1) is 12.9. The Bertz CT molecular complexity index is 800. The molecule has 2 N–H and O–H groups in total. The monoisotopic (exact) mass is 370 g/mol. The number of carbonyl (C=O) groups is 3. The zero-order valence-corrected chi connectivity index (χ0v) is 15.4. The fourth-order valence-corrected chi connectivity index (χ4v) is 2.46. The summed E-state index contributed by atoms with van der Waals surface area (Å²) in [4.78, 5) is 36.0. The van der Waals surface area contributed by atoms with Crippen LogP contribution >= 0.6 is 0 Å². The van der Waals surface area contributed by atoms with Crippen LogP contribution in [0.4, 0.5) is 4.79 Å². The Morgan fingerprint density at radius 3 is 2.19 bits per heavy atom. The number of aryl methyl sites for hydroxylation is 2. The lowest BCUT2D eigenvalue weighted by Crippen LogP contribution is -2.41. The van der Waals surface area contributed by atoms with E-state index in [4.69, 9.17) is 9.47 Å². The average molecular weight is 370 g/mol. The van der Waals surface area contributed by atoms with Crippen molar-refractivity contribution >= 4 is 17.9 Å². The van der Waals surface area contributed by atoms with E-state index >= 15 is 0 Å². The zero-order valence-electron chi connectivity index (χ0n) is 15.4. The lowest BCUT2D eigenvalue weighted by atomic mass is 10.1. The van der Waals surface area contributed by atoms with Crippen molar-refractivity contribution in [3.63, 3.8) is 0 Å². The van der Waals surface area contributed by atoms with Gasteiger partial charge in [0, 0.05) is 12.6 Å². The van der Waals surface area contributed by atoms with Gasteiger partial charge in [-0.15, -0.1) is 0 Å². The molecule has 1 atom stereocenters. The number of ether oxygens (including phenoxy) is 2. The average Bonchev–Trinajstić information content (AvgIpc) is 2.66. The van der Waals surface area contributed by atoms with Crippen LogP contribution in [0.5, 0.6) is 5.75 Å².